The Balaban J connectivity index is 1.61. The average Bonchev–Trinajstić information content (AvgIpc) is 2.75. The molecule has 7 nitrogen and oxygen atoms in total. The fourth-order valence-corrected chi connectivity index (χ4v) is 3.46. The number of aromatic nitrogens is 2. The maximum atomic E-state index is 12.8. The molecule has 0 aliphatic carbocycles. The number of nitrogens with zero attached hydrogens (tertiary/aromatic N) is 3. The van der Waals surface area contributed by atoms with Crippen LogP contribution in [0.5, 0.6) is 0 Å². The van der Waals surface area contributed by atoms with Crippen LogP contribution in [0, 0.1) is 13.8 Å². The number of hydrogen-bond acceptors (Lipinski definition) is 5. The van der Waals surface area contributed by atoms with Crippen molar-refractivity contribution >= 4 is 22.9 Å². The van der Waals surface area contributed by atoms with Gasteiger partial charge in [0.05, 0.1) is 23.3 Å². The molecule has 0 fully saturated rings. The molecule has 0 aliphatic heterocycles. The van der Waals surface area contributed by atoms with Crippen LogP contribution in [0.3, 0.4) is 0 Å². The van der Waals surface area contributed by atoms with Gasteiger partial charge < -0.3 is 15.0 Å². The lowest BCUT2D eigenvalue weighted by atomic mass is 10.1. The highest BCUT2D eigenvalue weighted by Crippen LogP contribution is 2.18. The molecule has 0 atom stereocenters. The summed E-state index contributed by atoms with van der Waals surface area (Å²) in [6.45, 7) is 10.6. The number of ether oxygens (including phenoxy) is 1. The Kier molecular flexibility index (Phi) is 7.63. The summed E-state index contributed by atoms with van der Waals surface area (Å²) < 4.78 is 5.56. The van der Waals surface area contributed by atoms with E-state index in [-0.39, 0.29) is 12.0 Å². The Morgan fingerprint density at radius 3 is 2.61 bits per heavy atom. The lowest BCUT2D eigenvalue weighted by molar-refractivity contribution is 0.0232. The van der Waals surface area contributed by atoms with E-state index in [4.69, 9.17) is 4.74 Å². The highest BCUT2D eigenvalue weighted by atomic mass is 16.6. The van der Waals surface area contributed by atoms with E-state index in [2.05, 4.69) is 15.3 Å². The number of rotatable bonds is 7. The summed E-state index contributed by atoms with van der Waals surface area (Å²) in [7, 11) is 0. The third-order valence-corrected chi connectivity index (χ3v) is 5.04. The number of hydrogen-bond donors (Lipinski definition) is 1. The van der Waals surface area contributed by atoms with Gasteiger partial charge >= 0.3 is 6.09 Å². The van der Waals surface area contributed by atoms with E-state index >= 15 is 0 Å². The first-order chi connectivity index (χ1) is 15.6. The zero-order valence-electron chi connectivity index (χ0n) is 20.0. The van der Waals surface area contributed by atoms with Crippen LogP contribution in [0.25, 0.3) is 10.9 Å². The van der Waals surface area contributed by atoms with Crippen molar-refractivity contribution in [2.24, 2.45) is 0 Å². The van der Waals surface area contributed by atoms with E-state index in [1.807, 2.05) is 71.0 Å². The van der Waals surface area contributed by atoms with E-state index in [9.17, 15) is 9.59 Å². The molecular weight excluding hydrogens is 416 g/mol. The zero-order valence-corrected chi connectivity index (χ0v) is 20.0. The molecule has 2 heterocycles. The Bertz CT molecular complexity index is 1120. The van der Waals surface area contributed by atoms with Gasteiger partial charge in [0.25, 0.3) is 5.91 Å². The van der Waals surface area contributed by atoms with Crippen molar-refractivity contribution in [1.82, 2.24) is 20.2 Å². The third kappa shape index (κ3) is 7.00. The summed E-state index contributed by atoms with van der Waals surface area (Å²) in [5, 5.41) is 3.90. The van der Waals surface area contributed by atoms with Gasteiger partial charge in [0.2, 0.25) is 0 Å². The fourth-order valence-electron chi connectivity index (χ4n) is 3.46. The van der Waals surface area contributed by atoms with Gasteiger partial charge in [-0.2, -0.15) is 0 Å². The second-order valence-corrected chi connectivity index (χ2v) is 9.19. The van der Waals surface area contributed by atoms with Crippen molar-refractivity contribution in [2.45, 2.75) is 53.2 Å². The van der Waals surface area contributed by atoms with E-state index in [0.29, 0.717) is 37.3 Å². The van der Waals surface area contributed by atoms with Gasteiger partial charge in [-0.05, 0) is 70.9 Å². The normalized spacial score (nSPS) is 11.3. The Labute approximate surface area is 195 Å². The highest BCUT2D eigenvalue weighted by Gasteiger charge is 2.22. The molecule has 0 aliphatic rings. The number of nitrogens with one attached hydrogen (secondary N) is 1. The second kappa shape index (κ2) is 10.4. The van der Waals surface area contributed by atoms with Crippen LogP contribution in [-0.4, -0.2) is 45.6 Å². The average molecular weight is 449 g/mol. The van der Waals surface area contributed by atoms with E-state index in [0.717, 1.165) is 22.0 Å². The molecule has 0 spiro atoms. The van der Waals surface area contributed by atoms with Crippen LogP contribution in [0.1, 0.15) is 54.4 Å². The number of aryl methyl sites for hydroxylation is 2. The van der Waals surface area contributed by atoms with Crippen LogP contribution in [0.4, 0.5) is 4.79 Å². The Hall–Kier alpha value is -3.48. The molecule has 0 saturated heterocycles. The van der Waals surface area contributed by atoms with Gasteiger partial charge in [-0.25, -0.2) is 4.79 Å². The van der Waals surface area contributed by atoms with Crippen LogP contribution in [-0.2, 0) is 11.3 Å². The van der Waals surface area contributed by atoms with Gasteiger partial charge in [0, 0.05) is 30.9 Å². The Morgan fingerprint density at radius 2 is 1.91 bits per heavy atom. The van der Waals surface area contributed by atoms with Gasteiger partial charge in [-0.1, -0.05) is 17.7 Å². The molecule has 174 valence electrons. The van der Waals surface area contributed by atoms with Crippen molar-refractivity contribution in [3.05, 3.63) is 71.2 Å². The Morgan fingerprint density at radius 1 is 1.12 bits per heavy atom. The lowest BCUT2D eigenvalue weighted by Crippen LogP contribution is -2.38. The maximum absolute atomic E-state index is 12.8. The summed E-state index contributed by atoms with van der Waals surface area (Å²) in [5.74, 6) is -0.167. The molecule has 1 N–H and O–H groups in total. The monoisotopic (exact) mass is 448 g/mol. The van der Waals surface area contributed by atoms with Gasteiger partial charge in [-0.3, -0.25) is 14.8 Å². The highest BCUT2D eigenvalue weighted by molar-refractivity contribution is 5.98. The van der Waals surface area contributed by atoms with E-state index < -0.39 is 5.60 Å². The number of benzene rings is 1. The zero-order chi connectivity index (χ0) is 24.0. The maximum Gasteiger partial charge on any atom is 0.410 e. The van der Waals surface area contributed by atoms with Crippen molar-refractivity contribution in [2.75, 3.05) is 13.1 Å². The van der Waals surface area contributed by atoms with E-state index in [1.54, 1.807) is 17.3 Å². The quantitative estimate of drug-likeness (QED) is 0.525. The van der Waals surface area contributed by atoms with Crippen LogP contribution in [0.15, 0.2) is 48.8 Å². The van der Waals surface area contributed by atoms with Gasteiger partial charge in [-0.15, -0.1) is 0 Å². The van der Waals surface area contributed by atoms with Gasteiger partial charge in [0.15, 0.2) is 0 Å². The second-order valence-electron chi connectivity index (χ2n) is 9.19. The van der Waals surface area contributed by atoms with E-state index in [1.165, 1.54) is 0 Å². The first-order valence-corrected chi connectivity index (χ1v) is 11.2. The number of amides is 2. The standard InChI is InChI=1S/C26H32N4O3/c1-18-9-10-23-21(14-18)15-22(19(2)29-23)24(31)28-12-7-13-30(25(32)33-26(3,4)5)17-20-8-6-11-27-16-20/h6,8-11,14-16H,7,12-13,17H2,1-5H3,(H,28,31). The van der Waals surface area contributed by atoms with Crippen molar-refractivity contribution in [1.29, 1.82) is 0 Å². The fraction of sp³-hybridized carbons (Fsp3) is 0.385. The third-order valence-electron chi connectivity index (χ3n) is 5.04. The SMILES string of the molecule is Cc1ccc2nc(C)c(C(=O)NCCCN(Cc3cccnc3)C(=O)OC(C)(C)C)cc2c1. The molecule has 0 saturated carbocycles. The summed E-state index contributed by atoms with van der Waals surface area (Å²) in [6.07, 6.45) is 3.63. The van der Waals surface area contributed by atoms with Crippen LogP contribution < -0.4 is 5.32 Å². The minimum absolute atomic E-state index is 0.167. The molecule has 0 unspecified atom stereocenters. The molecule has 0 bridgehead atoms. The summed E-state index contributed by atoms with van der Waals surface area (Å²) >= 11 is 0. The lowest BCUT2D eigenvalue weighted by Gasteiger charge is -2.27. The largest absolute Gasteiger partial charge is 0.444 e. The predicted molar refractivity (Wildman–Crippen MR) is 129 cm³/mol. The number of fused-ring (bicyclic) bond motifs is 1. The molecule has 0 radical (unpaired) electrons. The first kappa shape index (κ1) is 24.2. The summed E-state index contributed by atoms with van der Waals surface area (Å²) in [4.78, 5) is 35.8. The van der Waals surface area contributed by atoms with Crippen molar-refractivity contribution < 1.29 is 14.3 Å². The minimum Gasteiger partial charge on any atom is -0.444 e. The first-order valence-electron chi connectivity index (χ1n) is 11.2. The number of carbonyl (C=O) groups is 2. The van der Waals surface area contributed by atoms with Crippen LogP contribution >= 0.6 is 0 Å². The molecular formula is C26H32N4O3. The summed E-state index contributed by atoms with van der Waals surface area (Å²) in [5.41, 5.74) is 3.58. The van der Waals surface area contributed by atoms with Crippen molar-refractivity contribution in [3.63, 3.8) is 0 Å². The molecule has 3 aromatic rings. The molecule has 2 amide bonds. The van der Waals surface area contributed by atoms with Crippen molar-refractivity contribution in [3.8, 4) is 0 Å². The van der Waals surface area contributed by atoms with Gasteiger partial charge in [0.1, 0.15) is 5.60 Å². The molecule has 7 heteroatoms. The molecule has 3 rings (SSSR count). The minimum atomic E-state index is -0.586. The number of carbonyl (C=O) groups excluding carboxylic acids is 2. The number of pyridine rings is 2. The predicted octanol–water partition coefficient (Wildman–Crippen LogP) is 4.80. The molecule has 33 heavy (non-hydrogen) atoms. The molecule has 2 aromatic heterocycles. The smallest absolute Gasteiger partial charge is 0.410 e. The summed E-state index contributed by atoms with van der Waals surface area (Å²) in [6, 6.07) is 11.6. The molecule has 1 aromatic carbocycles. The van der Waals surface area contributed by atoms with Crippen LogP contribution in [0.2, 0.25) is 0 Å². The topological polar surface area (TPSA) is 84.4 Å².